The van der Waals surface area contributed by atoms with Crippen LogP contribution in [0, 0.1) is 11.8 Å². The van der Waals surface area contributed by atoms with E-state index < -0.39 is 0 Å². The third-order valence-electron chi connectivity index (χ3n) is 5.70. The first-order valence-corrected chi connectivity index (χ1v) is 9.47. The van der Waals surface area contributed by atoms with Crippen LogP contribution in [-0.4, -0.2) is 67.3 Å². The summed E-state index contributed by atoms with van der Waals surface area (Å²) in [6, 6.07) is 0. The predicted octanol–water partition coefficient (Wildman–Crippen LogP) is 2.32. The highest BCUT2D eigenvalue weighted by Gasteiger charge is 2.46. The molecule has 0 aromatic heterocycles. The lowest BCUT2D eigenvalue weighted by Crippen LogP contribution is -2.49. The third kappa shape index (κ3) is 4.38. The monoisotopic (exact) mass is 323 g/mol. The molecular formula is C18H33N3O2. The molecule has 23 heavy (non-hydrogen) atoms. The number of hydrogen-bond donors (Lipinski definition) is 1. The highest BCUT2D eigenvalue weighted by Crippen LogP contribution is 2.33. The van der Waals surface area contributed by atoms with Crippen molar-refractivity contribution in [3.63, 3.8) is 0 Å². The van der Waals surface area contributed by atoms with Gasteiger partial charge in [-0.2, -0.15) is 0 Å². The summed E-state index contributed by atoms with van der Waals surface area (Å²) in [6.07, 6.45) is 5.63. The van der Waals surface area contributed by atoms with E-state index in [1.165, 1.54) is 32.5 Å². The Labute approximate surface area is 140 Å². The topological polar surface area (TPSA) is 44.8 Å². The fraction of sp³-hybridized carbons (Fsp3) is 0.944. The number of piperidine rings is 2. The Kier molecular flexibility index (Phi) is 5.47. The summed E-state index contributed by atoms with van der Waals surface area (Å²) in [5.41, 5.74) is -0.199. The van der Waals surface area contributed by atoms with Crippen LogP contribution in [-0.2, 0) is 4.74 Å². The lowest BCUT2D eigenvalue weighted by atomic mass is 9.90. The van der Waals surface area contributed by atoms with E-state index in [2.05, 4.69) is 24.1 Å². The van der Waals surface area contributed by atoms with Gasteiger partial charge in [0.1, 0.15) is 5.60 Å². The van der Waals surface area contributed by atoms with Crippen LogP contribution in [0.25, 0.3) is 0 Å². The highest BCUT2D eigenvalue weighted by atomic mass is 16.6. The molecule has 1 atom stereocenters. The molecule has 3 heterocycles. The van der Waals surface area contributed by atoms with Gasteiger partial charge < -0.3 is 19.9 Å². The SMILES string of the molecule is CC(C)CCN1CC2(CCN(C[C@@H]3CCCNC3)CC2)OC1=O. The Balaban J connectivity index is 1.45. The van der Waals surface area contributed by atoms with Crippen LogP contribution in [0.4, 0.5) is 4.79 Å². The minimum atomic E-state index is -0.199. The molecular weight excluding hydrogens is 290 g/mol. The van der Waals surface area contributed by atoms with Gasteiger partial charge in [0.05, 0.1) is 6.54 Å². The molecule has 3 saturated heterocycles. The molecule has 1 N–H and O–H groups in total. The molecule has 132 valence electrons. The Morgan fingerprint density at radius 1 is 1.35 bits per heavy atom. The molecule has 3 aliphatic heterocycles. The van der Waals surface area contributed by atoms with Gasteiger partial charge >= 0.3 is 6.09 Å². The smallest absolute Gasteiger partial charge is 0.410 e. The van der Waals surface area contributed by atoms with Crippen molar-refractivity contribution < 1.29 is 9.53 Å². The van der Waals surface area contributed by atoms with Gasteiger partial charge in [0, 0.05) is 39.0 Å². The number of rotatable bonds is 5. The molecule has 0 saturated carbocycles. The Morgan fingerprint density at radius 2 is 2.13 bits per heavy atom. The van der Waals surface area contributed by atoms with Crippen LogP contribution >= 0.6 is 0 Å². The number of nitrogens with zero attached hydrogens (tertiary/aromatic N) is 2. The van der Waals surface area contributed by atoms with Gasteiger partial charge in [0.2, 0.25) is 0 Å². The maximum absolute atomic E-state index is 12.1. The van der Waals surface area contributed by atoms with Crippen molar-refractivity contribution in [2.45, 2.75) is 51.6 Å². The van der Waals surface area contributed by atoms with Crippen molar-refractivity contribution in [2.24, 2.45) is 11.8 Å². The van der Waals surface area contributed by atoms with Gasteiger partial charge in [-0.05, 0) is 44.2 Å². The molecule has 0 radical (unpaired) electrons. The fourth-order valence-corrected chi connectivity index (χ4v) is 4.13. The van der Waals surface area contributed by atoms with Gasteiger partial charge in [0.15, 0.2) is 0 Å². The first-order valence-electron chi connectivity index (χ1n) is 9.47. The largest absolute Gasteiger partial charge is 0.441 e. The van der Waals surface area contributed by atoms with E-state index in [1.54, 1.807) is 0 Å². The van der Waals surface area contributed by atoms with Gasteiger partial charge in [-0.3, -0.25) is 0 Å². The van der Waals surface area contributed by atoms with Crippen LogP contribution in [0.1, 0.15) is 46.0 Å². The van der Waals surface area contributed by atoms with Crippen LogP contribution in [0.5, 0.6) is 0 Å². The Morgan fingerprint density at radius 3 is 2.78 bits per heavy atom. The van der Waals surface area contributed by atoms with E-state index in [0.29, 0.717) is 5.92 Å². The van der Waals surface area contributed by atoms with Gasteiger partial charge in [-0.25, -0.2) is 4.79 Å². The maximum atomic E-state index is 12.1. The average molecular weight is 323 g/mol. The molecule has 3 rings (SSSR count). The van der Waals surface area contributed by atoms with E-state index in [9.17, 15) is 4.79 Å². The average Bonchev–Trinajstić information content (AvgIpc) is 2.85. The summed E-state index contributed by atoms with van der Waals surface area (Å²) < 4.78 is 5.82. The standard InChI is InChI=1S/C18H33N3O2/c1-15(2)5-9-21-14-18(23-17(21)22)6-10-20(11-7-18)13-16-4-3-8-19-12-16/h15-16,19H,3-14H2,1-2H3/t16-/m1/s1. The predicted molar refractivity (Wildman–Crippen MR) is 91.5 cm³/mol. The molecule has 0 aliphatic carbocycles. The van der Waals surface area contributed by atoms with Gasteiger partial charge in [0.25, 0.3) is 0 Å². The van der Waals surface area contributed by atoms with Gasteiger partial charge in [-0.15, -0.1) is 0 Å². The minimum absolute atomic E-state index is 0.0874. The van der Waals surface area contributed by atoms with Crippen molar-refractivity contribution in [1.82, 2.24) is 15.1 Å². The molecule has 3 aliphatic rings. The second-order valence-corrected chi connectivity index (χ2v) is 8.17. The minimum Gasteiger partial charge on any atom is -0.441 e. The molecule has 5 nitrogen and oxygen atoms in total. The van der Waals surface area contributed by atoms with Crippen molar-refractivity contribution in [3.8, 4) is 0 Å². The summed E-state index contributed by atoms with van der Waals surface area (Å²) >= 11 is 0. The van der Waals surface area contributed by atoms with Crippen molar-refractivity contribution in [3.05, 3.63) is 0 Å². The third-order valence-corrected chi connectivity index (χ3v) is 5.70. The summed E-state index contributed by atoms with van der Waals surface area (Å²) in [5, 5.41) is 3.51. The number of nitrogens with one attached hydrogen (secondary N) is 1. The van der Waals surface area contributed by atoms with E-state index in [0.717, 1.165) is 51.4 Å². The number of carbonyl (C=O) groups is 1. The summed E-state index contributed by atoms with van der Waals surface area (Å²) in [4.78, 5) is 16.6. The number of ether oxygens (including phenoxy) is 1. The molecule has 0 aromatic rings. The molecule has 1 amide bonds. The van der Waals surface area contributed by atoms with Crippen LogP contribution in [0.3, 0.4) is 0 Å². The number of carbonyl (C=O) groups excluding carboxylic acids is 1. The first kappa shape index (κ1) is 17.0. The van der Waals surface area contributed by atoms with E-state index in [1.807, 2.05) is 4.90 Å². The summed E-state index contributed by atoms with van der Waals surface area (Å²) in [7, 11) is 0. The lowest BCUT2D eigenvalue weighted by Gasteiger charge is -2.39. The summed E-state index contributed by atoms with van der Waals surface area (Å²) in [5.74, 6) is 1.43. The molecule has 0 unspecified atom stereocenters. The van der Waals surface area contributed by atoms with E-state index in [4.69, 9.17) is 4.74 Å². The maximum Gasteiger partial charge on any atom is 0.410 e. The molecule has 5 heteroatoms. The second kappa shape index (κ2) is 7.39. The Bertz CT molecular complexity index is 399. The van der Waals surface area contributed by atoms with Crippen molar-refractivity contribution >= 4 is 6.09 Å². The fourth-order valence-electron chi connectivity index (χ4n) is 4.13. The Hall–Kier alpha value is -0.810. The normalized spacial score (nSPS) is 28.6. The number of hydrogen-bond acceptors (Lipinski definition) is 4. The number of likely N-dealkylation sites (tertiary alicyclic amines) is 1. The quantitative estimate of drug-likeness (QED) is 0.843. The van der Waals surface area contributed by atoms with Gasteiger partial charge in [-0.1, -0.05) is 13.8 Å². The lowest BCUT2D eigenvalue weighted by molar-refractivity contribution is -0.00339. The highest BCUT2D eigenvalue weighted by molar-refractivity contribution is 5.70. The molecule has 1 spiro atoms. The van der Waals surface area contributed by atoms with Crippen LogP contribution in [0.15, 0.2) is 0 Å². The molecule has 3 fully saturated rings. The first-order chi connectivity index (χ1) is 11.1. The molecule has 0 aromatic carbocycles. The number of amides is 1. The van der Waals surface area contributed by atoms with Crippen LogP contribution in [0.2, 0.25) is 0 Å². The zero-order valence-electron chi connectivity index (χ0n) is 14.9. The zero-order chi connectivity index (χ0) is 16.3. The van der Waals surface area contributed by atoms with Crippen molar-refractivity contribution in [2.75, 3.05) is 45.8 Å². The van der Waals surface area contributed by atoms with Crippen LogP contribution < -0.4 is 5.32 Å². The molecule has 0 bridgehead atoms. The zero-order valence-corrected chi connectivity index (χ0v) is 14.9. The summed E-state index contributed by atoms with van der Waals surface area (Å²) in [6.45, 7) is 11.7. The van der Waals surface area contributed by atoms with E-state index in [-0.39, 0.29) is 11.7 Å². The van der Waals surface area contributed by atoms with Crippen molar-refractivity contribution in [1.29, 1.82) is 0 Å². The van der Waals surface area contributed by atoms with E-state index >= 15 is 0 Å². The second-order valence-electron chi connectivity index (χ2n) is 8.17.